The predicted octanol–water partition coefficient (Wildman–Crippen LogP) is 15.1. The lowest BCUT2D eigenvalue weighted by Crippen LogP contribution is -2.19. The minimum Gasteiger partial charge on any atom is -0.310 e. The molecule has 0 aliphatic carbocycles. The topological polar surface area (TPSA) is 3.24 Å². The maximum atomic E-state index is 2.48. The van der Waals surface area contributed by atoms with Gasteiger partial charge in [0.1, 0.15) is 0 Å². The minimum atomic E-state index is -0.0264. The van der Waals surface area contributed by atoms with E-state index in [2.05, 4.69) is 222 Å². The highest BCUT2D eigenvalue weighted by atomic mass is 15.1. The molecule has 0 aromatic heterocycles. The molecule has 0 bridgehead atoms. The Bertz CT molecular complexity index is 2520. The molecule has 1 heteroatoms. The van der Waals surface area contributed by atoms with Gasteiger partial charge in [0.05, 0.1) is 5.69 Å². The SMILES string of the molecule is CC(C)(C)c1cc(N(c2ccc(-c3ccc4ccccc4c3)cc2)c2ccccc2-c2cccc3cccc(-c4ccccc4)c23)cc(C(C)(C)C)c1. The normalized spacial score (nSPS) is 12.0. The fourth-order valence-corrected chi connectivity index (χ4v) is 7.53. The van der Waals surface area contributed by atoms with Crippen LogP contribution in [0.4, 0.5) is 17.1 Å². The Balaban J connectivity index is 1.36. The maximum absolute atomic E-state index is 2.48. The molecule has 0 saturated carbocycles. The molecule has 8 rings (SSSR count). The molecule has 0 heterocycles. The third-order valence-corrected chi connectivity index (χ3v) is 10.5. The summed E-state index contributed by atoms with van der Waals surface area (Å²) in [5, 5.41) is 5.00. The highest BCUT2D eigenvalue weighted by Crippen LogP contribution is 2.46. The third kappa shape index (κ3) is 6.76. The van der Waals surface area contributed by atoms with Crippen molar-refractivity contribution in [2.45, 2.75) is 52.4 Å². The smallest absolute Gasteiger partial charge is 0.0540 e. The van der Waals surface area contributed by atoms with E-state index in [1.165, 1.54) is 66.1 Å². The molecule has 0 atom stereocenters. The van der Waals surface area contributed by atoms with Crippen LogP contribution in [0.3, 0.4) is 0 Å². The first kappa shape index (κ1) is 34.2. The molecule has 0 aliphatic heterocycles. The van der Waals surface area contributed by atoms with Crippen LogP contribution >= 0.6 is 0 Å². The Morgan fingerprint density at radius 2 is 0.887 bits per heavy atom. The summed E-state index contributed by atoms with van der Waals surface area (Å²) in [6.07, 6.45) is 0. The van der Waals surface area contributed by atoms with Crippen LogP contribution in [0.5, 0.6) is 0 Å². The van der Waals surface area contributed by atoms with Crippen LogP contribution in [0.25, 0.3) is 54.9 Å². The lowest BCUT2D eigenvalue weighted by Gasteiger charge is -2.32. The van der Waals surface area contributed by atoms with Crippen molar-refractivity contribution in [3.05, 3.63) is 187 Å². The fraction of sp³-hybridized carbons (Fsp3) is 0.154. The van der Waals surface area contributed by atoms with Gasteiger partial charge in [0.25, 0.3) is 0 Å². The third-order valence-electron chi connectivity index (χ3n) is 10.5. The number of rotatable bonds is 6. The zero-order valence-corrected chi connectivity index (χ0v) is 31.7. The van der Waals surface area contributed by atoms with E-state index in [-0.39, 0.29) is 10.8 Å². The van der Waals surface area contributed by atoms with Crippen molar-refractivity contribution in [3.63, 3.8) is 0 Å². The summed E-state index contributed by atoms with van der Waals surface area (Å²) in [6, 6.07) is 64.8. The van der Waals surface area contributed by atoms with E-state index in [0.717, 1.165) is 17.1 Å². The average Bonchev–Trinajstić information content (AvgIpc) is 3.17. The van der Waals surface area contributed by atoms with Crippen molar-refractivity contribution in [1.29, 1.82) is 0 Å². The largest absolute Gasteiger partial charge is 0.310 e. The molecule has 0 fully saturated rings. The molecule has 0 radical (unpaired) electrons. The minimum absolute atomic E-state index is 0.0264. The molecule has 8 aromatic carbocycles. The summed E-state index contributed by atoms with van der Waals surface area (Å²) in [7, 11) is 0. The number of para-hydroxylation sites is 1. The second-order valence-corrected chi connectivity index (χ2v) is 16.3. The standard InChI is InChI=1S/C52H47N/c1-51(2,3)42-33-43(52(4,5)6)35-45(34-42)53(44-30-28-37(29-31-44)41-27-26-36-16-10-11-19-40(36)32-41)49-25-13-12-22-47(49)48-24-15-21-39-20-14-23-46(50(39)48)38-17-8-7-9-18-38/h7-35H,1-6H3. The number of nitrogens with zero attached hydrogens (tertiary/aromatic N) is 1. The molecule has 0 unspecified atom stereocenters. The van der Waals surface area contributed by atoms with Crippen LogP contribution in [-0.4, -0.2) is 0 Å². The van der Waals surface area contributed by atoms with E-state index < -0.39 is 0 Å². The molecule has 53 heavy (non-hydrogen) atoms. The average molecular weight is 686 g/mol. The quantitative estimate of drug-likeness (QED) is 0.168. The van der Waals surface area contributed by atoms with Crippen molar-refractivity contribution in [2.75, 3.05) is 4.90 Å². The number of benzene rings is 8. The van der Waals surface area contributed by atoms with E-state index in [9.17, 15) is 0 Å². The van der Waals surface area contributed by atoms with Gasteiger partial charge in [0.15, 0.2) is 0 Å². The highest BCUT2D eigenvalue weighted by Gasteiger charge is 2.25. The van der Waals surface area contributed by atoms with Crippen LogP contribution in [0.15, 0.2) is 176 Å². The van der Waals surface area contributed by atoms with Gasteiger partial charge >= 0.3 is 0 Å². The van der Waals surface area contributed by atoms with Gasteiger partial charge < -0.3 is 4.90 Å². The Hall–Kier alpha value is -5.92. The van der Waals surface area contributed by atoms with E-state index >= 15 is 0 Å². The molecule has 260 valence electrons. The van der Waals surface area contributed by atoms with E-state index in [1.807, 2.05) is 0 Å². The second-order valence-electron chi connectivity index (χ2n) is 16.3. The summed E-state index contributed by atoms with van der Waals surface area (Å²) >= 11 is 0. The maximum Gasteiger partial charge on any atom is 0.0540 e. The number of anilines is 3. The molecule has 0 spiro atoms. The molecule has 1 nitrogen and oxygen atoms in total. The monoisotopic (exact) mass is 685 g/mol. The van der Waals surface area contributed by atoms with Gasteiger partial charge in [-0.25, -0.2) is 0 Å². The summed E-state index contributed by atoms with van der Waals surface area (Å²) in [6.45, 7) is 13.9. The second kappa shape index (κ2) is 13.6. The summed E-state index contributed by atoms with van der Waals surface area (Å²) in [4.78, 5) is 2.48. The number of hydrogen-bond donors (Lipinski definition) is 0. The van der Waals surface area contributed by atoms with Crippen molar-refractivity contribution < 1.29 is 0 Å². The lowest BCUT2D eigenvalue weighted by molar-refractivity contribution is 0.569. The molecule has 0 amide bonds. The molecular weight excluding hydrogens is 639 g/mol. The van der Waals surface area contributed by atoms with E-state index in [0.29, 0.717) is 0 Å². The Labute approximate surface area is 315 Å². The van der Waals surface area contributed by atoms with Gasteiger partial charge in [-0.3, -0.25) is 0 Å². The summed E-state index contributed by atoms with van der Waals surface area (Å²) in [5.74, 6) is 0. The Kier molecular flexibility index (Phi) is 8.75. The summed E-state index contributed by atoms with van der Waals surface area (Å²) < 4.78 is 0. The van der Waals surface area contributed by atoms with Gasteiger partial charge in [0, 0.05) is 16.9 Å². The zero-order chi connectivity index (χ0) is 36.7. The predicted molar refractivity (Wildman–Crippen MR) is 230 cm³/mol. The highest BCUT2D eigenvalue weighted by molar-refractivity contribution is 6.08. The van der Waals surface area contributed by atoms with Crippen molar-refractivity contribution >= 4 is 38.6 Å². The van der Waals surface area contributed by atoms with Crippen LogP contribution in [0.2, 0.25) is 0 Å². The molecule has 8 aromatic rings. The number of hydrogen-bond acceptors (Lipinski definition) is 1. The van der Waals surface area contributed by atoms with Crippen LogP contribution in [0, 0.1) is 0 Å². The first-order valence-electron chi connectivity index (χ1n) is 18.8. The lowest BCUT2D eigenvalue weighted by atomic mass is 9.80. The fourth-order valence-electron chi connectivity index (χ4n) is 7.53. The van der Waals surface area contributed by atoms with Gasteiger partial charge in [-0.2, -0.15) is 0 Å². The van der Waals surface area contributed by atoms with Gasteiger partial charge in [-0.15, -0.1) is 0 Å². The first-order chi connectivity index (χ1) is 25.5. The molecule has 0 saturated heterocycles. The zero-order valence-electron chi connectivity index (χ0n) is 31.7. The van der Waals surface area contributed by atoms with E-state index in [1.54, 1.807) is 0 Å². The van der Waals surface area contributed by atoms with Gasteiger partial charge in [0.2, 0.25) is 0 Å². The van der Waals surface area contributed by atoms with Crippen LogP contribution in [0.1, 0.15) is 52.7 Å². The number of fused-ring (bicyclic) bond motifs is 2. The molecular formula is C52H47N. The molecule has 0 N–H and O–H groups in total. The first-order valence-corrected chi connectivity index (χ1v) is 18.8. The summed E-state index contributed by atoms with van der Waals surface area (Å²) in [5.41, 5.74) is 13.3. The Morgan fingerprint density at radius 3 is 1.57 bits per heavy atom. The van der Waals surface area contributed by atoms with E-state index in [4.69, 9.17) is 0 Å². The Morgan fingerprint density at radius 1 is 0.340 bits per heavy atom. The van der Waals surface area contributed by atoms with Crippen LogP contribution < -0.4 is 4.90 Å². The van der Waals surface area contributed by atoms with Crippen molar-refractivity contribution in [1.82, 2.24) is 0 Å². The molecule has 0 aliphatic rings. The van der Waals surface area contributed by atoms with Gasteiger partial charge in [-0.05, 0) is 108 Å². The van der Waals surface area contributed by atoms with Crippen molar-refractivity contribution in [3.8, 4) is 33.4 Å². The van der Waals surface area contributed by atoms with Gasteiger partial charge in [-0.1, -0.05) is 181 Å². The van der Waals surface area contributed by atoms with Crippen molar-refractivity contribution in [2.24, 2.45) is 0 Å². The van der Waals surface area contributed by atoms with Crippen LogP contribution in [-0.2, 0) is 10.8 Å².